The van der Waals surface area contributed by atoms with Crippen LogP contribution in [-0.2, 0) is 0 Å². The molecule has 0 fully saturated rings. The highest BCUT2D eigenvalue weighted by molar-refractivity contribution is 5.43. The van der Waals surface area contributed by atoms with Crippen molar-refractivity contribution in [2.24, 2.45) is 0 Å². The van der Waals surface area contributed by atoms with Gasteiger partial charge in [0.2, 0.25) is 0 Å². The van der Waals surface area contributed by atoms with Gasteiger partial charge in [-0.25, -0.2) is 4.98 Å². The van der Waals surface area contributed by atoms with E-state index in [0.717, 1.165) is 11.4 Å². The number of rotatable bonds is 2. The van der Waals surface area contributed by atoms with E-state index in [-0.39, 0.29) is 0 Å². The molecule has 0 bridgehead atoms. The van der Waals surface area contributed by atoms with Crippen LogP contribution < -0.4 is 5.43 Å². The van der Waals surface area contributed by atoms with E-state index in [1.54, 1.807) is 6.20 Å². The second-order valence-electron chi connectivity index (χ2n) is 3.73. The third-order valence-electron chi connectivity index (χ3n) is 2.50. The first kappa shape index (κ1) is 9.77. The highest BCUT2D eigenvalue weighted by atomic mass is 15.4. The van der Waals surface area contributed by atoms with E-state index in [0.29, 0.717) is 0 Å². The van der Waals surface area contributed by atoms with Gasteiger partial charge in [0.05, 0.1) is 0 Å². The molecule has 3 heteroatoms. The maximum Gasteiger partial charge on any atom is 0.147 e. The molecule has 0 aliphatic carbocycles. The average Bonchev–Trinajstić information content (AvgIpc) is 2.53. The molecule has 78 valence electrons. The molecule has 0 saturated heterocycles. The minimum atomic E-state index is 0.903. The number of aryl methyl sites for hydroxylation is 3. The van der Waals surface area contributed by atoms with Gasteiger partial charge in [0, 0.05) is 17.6 Å². The van der Waals surface area contributed by atoms with Crippen molar-refractivity contribution in [3.63, 3.8) is 0 Å². The monoisotopic (exact) mass is 201 g/mol. The lowest BCUT2D eigenvalue weighted by Crippen LogP contribution is -2.14. The van der Waals surface area contributed by atoms with E-state index < -0.39 is 0 Å². The summed E-state index contributed by atoms with van der Waals surface area (Å²) in [6.07, 6.45) is 1.80. The Labute approximate surface area is 89.7 Å². The molecule has 2 aromatic heterocycles. The van der Waals surface area contributed by atoms with Crippen LogP contribution in [0.2, 0.25) is 0 Å². The number of hydrogen-bond acceptors (Lipinski definition) is 2. The lowest BCUT2D eigenvalue weighted by molar-refractivity contribution is 0.868. The molecule has 0 aliphatic heterocycles. The smallest absolute Gasteiger partial charge is 0.147 e. The largest absolute Gasteiger partial charge is 0.277 e. The zero-order chi connectivity index (χ0) is 10.8. The topological polar surface area (TPSA) is 29.9 Å². The van der Waals surface area contributed by atoms with Crippen molar-refractivity contribution < 1.29 is 0 Å². The van der Waals surface area contributed by atoms with E-state index >= 15 is 0 Å². The van der Waals surface area contributed by atoms with Crippen LogP contribution in [0.25, 0.3) is 0 Å². The first-order chi connectivity index (χ1) is 7.18. The van der Waals surface area contributed by atoms with Gasteiger partial charge >= 0.3 is 0 Å². The van der Waals surface area contributed by atoms with E-state index in [2.05, 4.69) is 36.4 Å². The van der Waals surface area contributed by atoms with Gasteiger partial charge in [0.25, 0.3) is 0 Å². The van der Waals surface area contributed by atoms with Crippen LogP contribution in [0.15, 0.2) is 30.5 Å². The number of nitrogens with zero attached hydrogens (tertiary/aromatic N) is 2. The fourth-order valence-electron chi connectivity index (χ4n) is 1.55. The quantitative estimate of drug-likeness (QED) is 0.809. The minimum absolute atomic E-state index is 0.903. The summed E-state index contributed by atoms with van der Waals surface area (Å²) in [6, 6.07) is 8.15. The van der Waals surface area contributed by atoms with Crippen LogP contribution in [0.3, 0.4) is 0 Å². The Bertz CT molecular complexity index is 452. The Morgan fingerprint density at radius 2 is 1.73 bits per heavy atom. The van der Waals surface area contributed by atoms with Gasteiger partial charge in [-0.2, -0.15) is 0 Å². The molecule has 0 atom stereocenters. The molecule has 0 unspecified atom stereocenters. The summed E-state index contributed by atoms with van der Waals surface area (Å²) < 4.78 is 2.04. The Balaban J connectivity index is 2.34. The molecule has 0 spiro atoms. The molecule has 2 aromatic rings. The molecule has 0 radical (unpaired) electrons. The third-order valence-corrected chi connectivity index (χ3v) is 2.50. The summed E-state index contributed by atoms with van der Waals surface area (Å²) in [5.74, 6) is 0.903. The normalized spacial score (nSPS) is 10.3. The molecule has 3 nitrogen and oxygen atoms in total. The molecule has 2 heterocycles. The number of pyridine rings is 1. The van der Waals surface area contributed by atoms with E-state index in [9.17, 15) is 0 Å². The minimum Gasteiger partial charge on any atom is -0.277 e. The fraction of sp³-hybridized carbons (Fsp3) is 0.250. The molecule has 15 heavy (non-hydrogen) atoms. The van der Waals surface area contributed by atoms with Gasteiger partial charge in [-0.1, -0.05) is 6.07 Å². The van der Waals surface area contributed by atoms with Crippen molar-refractivity contribution >= 4 is 5.82 Å². The lowest BCUT2D eigenvalue weighted by atomic mass is 10.3. The average molecular weight is 201 g/mol. The molecule has 0 aliphatic rings. The van der Waals surface area contributed by atoms with Crippen LogP contribution in [0.4, 0.5) is 5.82 Å². The maximum atomic E-state index is 4.30. The van der Waals surface area contributed by atoms with E-state index in [1.165, 1.54) is 11.4 Å². The summed E-state index contributed by atoms with van der Waals surface area (Å²) >= 11 is 0. The number of nitrogens with one attached hydrogen (secondary N) is 1. The van der Waals surface area contributed by atoms with Crippen LogP contribution in [-0.4, -0.2) is 9.66 Å². The van der Waals surface area contributed by atoms with Gasteiger partial charge in [-0.05, 0) is 44.5 Å². The second kappa shape index (κ2) is 3.77. The van der Waals surface area contributed by atoms with Gasteiger partial charge in [0.15, 0.2) is 0 Å². The lowest BCUT2D eigenvalue weighted by Gasteiger charge is -2.13. The zero-order valence-corrected chi connectivity index (χ0v) is 9.28. The molecule has 1 N–H and O–H groups in total. The van der Waals surface area contributed by atoms with Crippen LogP contribution >= 0.6 is 0 Å². The molecular weight excluding hydrogens is 186 g/mol. The SMILES string of the molecule is Cc1cccnc1Nn1c(C)ccc1C. The molecule has 2 rings (SSSR count). The second-order valence-corrected chi connectivity index (χ2v) is 3.73. The predicted octanol–water partition coefficient (Wildman–Crippen LogP) is 2.68. The van der Waals surface area contributed by atoms with Crippen molar-refractivity contribution in [1.82, 2.24) is 9.66 Å². The number of hydrogen-bond donors (Lipinski definition) is 1. The molecule has 0 saturated carbocycles. The van der Waals surface area contributed by atoms with E-state index in [4.69, 9.17) is 0 Å². The fourth-order valence-corrected chi connectivity index (χ4v) is 1.55. The van der Waals surface area contributed by atoms with Crippen molar-refractivity contribution in [2.45, 2.75) is 20.8 Å². The first-order valence-corrected chi connectivity index (χ1v) is 5.02. The number of anilines is 1. The zero-order valence-electron chi connectivity index (χ0n) is 9.28. The Hall–Kier alpha value is -1.77. The number of aromatic nitrogens is 2. The maximum absolute atomic E-state index is 4.30. The van der Waals surface area contributed by atoms with E-state index in [1.807, 2.05) is 23.7 Å². The molecular formula is C12H15N3. The van der Waals surface area contributed by atoms with Crippen molar-refractivity contribution in [1.29, 1.82) is 0 Å². The standard InChI is InChI=1S/C12H15N3/c1-9-5-4-8-13-12(9)14-15-10(2)6-7-11(15)3/h4-8H,1-3H3,(H,13,14). The Morgan fingerprint density at radius 1 is 1.07 bits per heavy atom. The van der Waals surface area contributed by atoms with Gasteiger partial charge < -0.3 is 0 Å². The van der Waals surface area contributed by atoms with Crippen molar-refractivity contribution in [3.8, 4) is 0 Å². The summed E-state index contributed by atoms with van der Waals surface area (Å²) in [4.78, 5) is 4.30. The summed E-state index contributed by atoms with van der Waals surface area (Å²) in [5, 5.41) is 0. The molecule has 0 aromatic carbocycles. The highest BCUT2D eigenvalue weighted by Crippen LogP contribution is 2.12. The summed E-state index contributed by atoms with van der Waals surface area (Å²) in [5.41, 5.74) is 6.79. The summed E-state index contributed by atoms with van der Waals surface area (Å²) in [6.45, 7) is 6.18. The van der Waals surface area contributed by atoms with Gasteiger partial charge in [-0.15, -0.1) is 0 Å². The molecule has 0 amide bonds. The van der Waals surface area contributed by atoms with Crippen molar-refractivity contribution in [3.05, 3.63) is 47.4 Å². The summed E-state index contributed by atoms with van der Waals surface area (Å²) in [7, 11) is 0. The predicted molar refractivity (Wildman–Crippen MR) is 61.9 cm³/mol. The van der Waals surface area contributed by atoms with Crippen molar-refractivity contribution in [2.75, 3.05) is 5.43 Å². The van der Waals surface area contributed by atoms with Gasteiger partial charge in [-0.3, -0.25) is 10.1 Å². The van der Waals surface area contributed by atoms with Crippen LogP contribution in [0.5, 0.6) is 0 Å². The van der Waals surface area contributed by atoms with Gasteiger partial charge in [0.1, 0.15) is 5.82 Å². The Kier molecular flexibility index (Phi) is 2.46. The highest BCUT2D eigenvalue weighted by Gasteiger charge is 2.03. The first-order valence-electron chi connectivity index (χ1n) is 5.02. The third kappa shape index (κ3) is 1.86. The van der Waals surface area contributed by atoms with Crippen LogP contribution in [0.1, 0.15) is 17.0 Å². The Morgan fingerprint density at radius 3 is 2.33 bits per heavy atom. The van der Waals surface area contributed by atoms with Crippen LogP contribution in [0, 0.1) is 20.8 Å².